The molecule has 1 aromatic carbocycles. The Morgan fingerprint density at radius 1 is 1.33 bits per heavy atom. The number of ether oxygens (including phenoxy) is 1. The van der Waals surface area contributed by atoms with Crippen LogP contribution in [0.3, 0.4) is 0 Å². The molecule has 0 heterocycles. The molecule has 100 valence electrons. The lowest BCUT2D eigenvalue weighted by Gasteiger charge is -2.31. The molecule has 0 saturated heterocycles. The Morgan fingerprint density at radius 2 is 2.17 bits per heavy atom. The molecule has 18 heavy (non-hydrogen) atoms. The minimum Gasteiger partial charge on any atom is -0.380 e. The van der Waals surface area contributed by atoms with E-state index in [4.69, 9.17) is 4.74 Å². The highest BCUT2D eigenvalue weighted by Crippen LogP contribution is 2.20. The van der Waals surface area contributed by atoms with Gasteiger partial charge in [0.1, 0.15) is 5.82 Å². The highest BCUT2D eigenvalue weighted by atomic mass is 19.1. The monoisotopic (exact) mass is 251 g/mol. The molecule has 3 heteroatoms. The highest BCUT2D eigenvalue weighted by Gasteiger charge is 2.23. The fourth-order valence-corrected chi connectivity index (χ4v) is 2.71. The van der Waals surface area contributed by atoms with Crippen molar-refractivity contribution in [2.24, 2.45) is 0 Å². The minimum absolute atomic E-state index is 0.153. The zero-order chi connectivity index (χ0) is 12.8. The van der Waals surface area contributed by atoms with Gasteiger partial charge in [-0.25, -0.2) is 4.39 Å². The van der Waals surface area contributed by atoms with Gasteiger partial charge in [0.2, 0.25) is 0 Å². The number of rotatable bonds is 5. The Kier molecular flexibility index (Phi) is 5.14. The number of methoxy groups -OCH3 is 1. The van der Waals surface area contributed by atoms with Crippen molar-refractivity contribution in [1.82, 2.24) is 5.32 Å². The average molecular weight is 251 g/mol. The molecule has 2 nitrogen and oxygen atoms in total. The molecule has 1 aliphatic rings. The van der Waals surface area contributed by atoms with Gasteiger partial charge in [-0.1, -0.05) is 25.0 Å². The van der Waals surface area contributed by atoms with Crippen molar-refractivity contribution < 1.29 is 9.13 Å². The second-order valence-electron chi connectivity index (χ2n) is 5.00. The van der Waals surface area contributed by atoms with Crippen LogP contribution in [0.4, 0.5) is 4.39 Å². The molecular formula is C15H22FNO. The van der Waals surface area contributed by atoms with Crippen LogP contribution in [0.5, 0.6) is 0 Å². The van der Waals surface area contributed by atoms with E-state index < -0.39 is 0 Å². The summed E-state index contributed by atoms with van der Waals surface area (Å²) < 4.78 is 18.5. The van der Waals surface area contributed by atoms with E-state index >= 15 is 0 Å². The standard InChI is InChI=1S/C15H22FNO/c1-18-15-8-3-2-7-14(15)17-10-9-12-5-4-6-13(16)11-12/h4-6,11,14-15,17H,2-3,7-10H2,1H3/t14-,15+/m0/s1. The molecule has 1 fully saturated rings. The molecule has 1 saturated carbocycles. The van der Waals surface area contributed by atoms with Gasteiger partial charge in [-0.3, -0.25) is 0 Å². The van der Waals surface area contributed by atoms with E-state index in [1.807, 2.05) is 6.07 Å². The van der Waals surface area contributed by atoms with E-state index in [1.165, 1.54) is 25.3 Å². The first-order valence-electron chi connectivity index (χ1n) is 6.80. The third-order valence-corrected chi connectivity index (χ3v) is 3.71. The Balaban J connectivity index is 1.77. The van der Waals surface area contributed by atoms with Crippen molar-refractivity contribution in [2.75, 3.05) is 13.7 Å². The van der Waals surface area contributed by atoms with E-state index in [0.717, 1.165) is 24.9 Å². The lowest BCUT2D eigenvalue weighted by molar-refractivity contribution is 0.0421. The zero-order valence-corrected chi connectivity index (χ0v) is 11.0. The van der Waals surface area contributed by atoms with E-state index in [2.05, 4.69) is 5.32 Å². The number of halogens is 1. The van der Waals surface area contributed by atoms with Crippen LogP contribution in [0.1, 0.15) is 31.2 Å². The molecule has 1 aliphatic carbocycles. The molecule has 1 N–H and O–H groups in total. The van der Waals surface area contributed by atoms with Gasteiger partial charge in [0.15, 0.2) is 0 Å². The van der Waals surface area contributed by atoms with Gasteiger partial charge >= 0.3 is 0 Å². The maximum atomic E-state index is 13.0. The molecule has 0 radical (unpaired) electrons. The molecule has 2 atom stereocenters. The first-order valence-corrected chi connectivity index (χ1v) is 6.80. The Labute approximate surface area is 109 Å². The summed E-state index contributed by atoms with van der Waals surface area (Å²) in [5.41, 5.74) is 1.05. The summed E-state index contributed by atoms with van der Waals surface area (Å²) in [6.07, 6.45) is 6.07. The van der Waals surface area contributed by atoms with Gasteiger partial charge < -0.3 is 10.1 Å². The third kappa shape index (κ3) is 3.79. The van der Waals surface area contributed by atoms with Crippen molar-refractivity contribution in [3.8, 4) is 0 Å². The summed E-state index contributed by atoms with van der Waals surface area (Å²) in [6, 6.07) is 7.29. The lowest BCUT2D eigenvalue weighted by atomic mass is 9.92. The molecule has 0 unspecified atom stereocenters. The van der Waals surface area contributed by atoms with Gasteiger partial charge in [-0.05, 0) is 43.5 Å². The van der Waals surface area contributed by atoms with Crippen molar-refractivity contribution in [2.45, 2.75) is 44.2 Å². The SMILES string of the molecule is CO[C@@H]1CCCC[C@@H]1NCCc1cccc(F)c1. The predicted octanol–water partition coefficient (Wildman–Crippen LogP) is 2.92. The summed E-state index contributed by atoms with van der Waals surface area (Å²) >= 11 is 0. The Bertz CT molecular complexity index is 369. The van der Waals surface area contributed by atoms with Crippen LogP contribution >= 0.6 is 0 Å². The Morgan fingerprint density at radius 3 is 2.94 bits per heavy atom. The van der Waals surface area contributed by atoms with Gasteiger partial charge in [0.25, 0.3) is 0 Å². The predicted molar refractivity (Wildman–Crippen MR) is 71.2 cm³/mol. The van der Waals surface area contributed by atoms with Gasteiger partial charge in [-0.2, -0.15) is 0 Å². The molecule has 0 aliphatic heterocycles. The lowest BCUT2D eigenvalue weighted by Crippen LogP contribution is -2.43. The normalized spacial score (nSPS) is 24.1. The Hall–Kier alpha value is -0.930. The fraction of sp³-hybridized carbons (Fsp3) is 0.600. The van der Waals surface area contributed by atoms with Crippen LogP contribution in [-0.2, 0) is 11.2 Å². The minimum atomic E-state index is -0.153. The zero-order valence-electron chi connectivity index (χ0n) is 11.0. The maximum Gasteiger partial charge on any atom is 0.123 e. The summed E-state index contributed by atoms with van der Waals surface area (Å²) in [5, 5.41) is 3.54. The molecule has 0 spiro atoms. The van der Waals surface area contributed by atoms with Crippen LogP contribution in [0.2, 0.25) is 0 Å². The quantitative estimate of drug-likeness (QED) is 0.868. The van der Waals surface area contributed by atoms with Crippen molar-refractivity contribution in [3.05, 3.63) is 35.6 Å². The van der Waals surface area contributed by atoms with Gasteiger partial charge in [0.05, 0.1) is 6.10 Å². The molecular weight excluding hydrogens is 229 g/mol. The first kappa shape index (κ1) is 13.5. The molecule has 0 amide bonds. The summed E-state index contributed by atoms with van der Waals surface area (Å²) in [5.74, 6) is -0.153. The van der Waals surface area contributed by atoms with Crippen molar-refractivity contribution in [1.29, 1.82) is 0 Å². The first-order chi connectivity index (χ1) is 8.79. The summed E-state index contributed by atoms with van der Waals surface area (Å²) in [6.45, 7) is 0.883. The number of nitrogens with one attached hydrogen (secondary N) is 1. The molecule has 0 bridgehead atoms. The van der Waals surface area contributed by atoms with Gasteiger partial charge in [-0.15, -0.1) is 0 Å². The smallest absolute Gasteiger partial charge is 0.123 e. The summed E-state index contributed by atoms with van der Waals surface area (Å²) in [4.78, 5) is 0. The molecule has 2 rings (SSSR count). The van der Waals surface area contributed by atoms with Crippen LogP contribution in [0.15, 0.2) is 24.3 Å². The second-order valence-corrected chi connectivity index (χ2v) is 5.00. The molecule has 0 aromatic heterocycles. The highest BCUT2D eigenvalue weighted by molar-refractivity contribution is 5.16. The fourth-order valence-electron chi connectivity index (χ4n) is 2.71. The maximum absolute atomic E-state index is 13.0. The third-order valence-electron chi connectivity index (χ3n) is 3.71. The summed E-state index contributed by atoms with van der Waals surface area (Å²) in [7, 11) is 1.79. The van der Waals surface area contributed by atoms with Crippen LogP contribution in [-0.4, -0.2) is 25.8 Å². The largest absolute Gasteiger partial charge is 0.380 e. The van der Waals surface area contributed by atoms with Gasteiger partial charge in [0, 0.05) is 13.2 Å². The second kappa shape index (κ2) is 6.86. The van der Waals surface area contributed by atoms with Crippen LogP contribution in [0, 0.1) is 5.82 Å². The average Bonchev–Trinajstić information content (AvgIpc) is 2.39. The number of benzene rings is 1. The number of hydrogen-bond donors (Lipinski definition) is 1. The number of hydrogen-bond acceptors (Lipinski definition) is 2. The van der Waals surface area contributed by atoms with E-state index in [-0.39, 0.29) is 5.82 Å². The van der Waals surface area contributed by atoms with E-state index in [0.29, 0.717) is 12.1 Å². The van der Waals surface area contributed by atoms with Crippen LogP contribution < -0.4 is 5.32 Å². The van der Waals surface area contributed by atoms with Crippen molar-refractivity contribution >= 4 is 0 Å². The van der Waals surface area contributed by atoms with E-state index in [9.17, 15) is 4.39 Å². The molecule has 1 aromatic rings. The van der Waals surface area contributed by atoms with Crippen LogP contribution in [0.25, 0.3) is 0 Å². The van der Waals surface area contributed by atoms with Crippen molar-refractivity contribution in [3.63, 3.8) is 0 Å². The topological polar surface area (TPSA) is 21.3 Å². The van der Waals surface area contributed by atoms with E-state index in [1.54, 1.807) is 19.2 Å².